The first kappa shape index (κ1) is 15.0. The van der Waals surface area contributed by atoms with E-state index in [2.05, 4.69) is 0 Å². The predicted octanol–water partition coefficient (Wildman–Crippen LogP) is 1.31. The van der Waals surface area contributed by atoms with Crippen LogP contribution in [0.15, 0.2) is 34.4 Å². The van der Waals surface area contributed by atoms with Crippen molar-refractivity contribution in [1.82, 2.24) is 4.57 Å². The number of esters is 1. The monoisotopic (exact) mass is 306 g/mol. The minimum atomic E-state index is -0.589. The van der Waals surface area contributed by atoms with E-state index in [1.807, 2.05) is 0 Å². The van der Waals surface area contributed by atoms with E-state index >= 15 is 0 Å². The Morgan fingerprint density at radius 3 is 2.76 bits per heavy atom. The lowest BCUT2D eigenvalue weighted by Crippen LogP contribution is -2.19. The zero-order valence-corrected chi connectivity index (χ0v) is 12.2. The van der Waals surface area contributed by atoms with Crippen LogP contribution in [0.1, 0.15) is 22.5 Å². The highest BCUT2D eigenvalue weighted by Crippen LogP contribution is 2.14. The first-order chi connectivity index (χ1) is 9.97. The molecule has 21 heavy (non-hydrogen) atoms. The zero-order valence-electron chi connectivity index (χ0n) is 11.4. The Balaban J connectivity index is 1.98. The van der Waals surface area contributed by atoms with Crippen molar-refractivity contribution in [3.63, 3.8) is 0 Å². The number of carbonyl (C=O) groups excluding carboxylic acids is 2. The van der Waals surface area contributed by atoms with E-state index in [4.69, 9.17) is 10.5 Å². The summed E-state index contributed by atoms with van der Waals surface area (Å²) in [7, 11) is 0. The number of aromatic nitrogens is 1. The van der Waals surface area contributed by atoms with E-state index in [-0.39, 0.29) is 29.2 Å². The van der Waals surface area contributed by atoms with Gasteiger partial charge in [-0.3, -0.25) is 14.4 Å². The molecule has 0 spiro atoms. The lowest BCUT2D eigenvalue weighted by molar-refractivity contribution is -0.134. The summed E-state index contributed by atoms with van der Waals surface area (Å²) in [5.74, 6) is -0.812. The molecule has 2 aromatic rings. The Bertz CT molecular complexity index is 733. The third-order valence-electron chi connectivity index (χ3n) is 2.87. The molecule has 0 aliphatic carbocycles. The van der Waals surface area contributed by atoms with Gasteiger partial charge in [0.15, 0.2) is 0 Å². The van der Waals surface area contributed by atoms with Gasteiger partial charge in [-0.2, -0.15) is 0 Å². The molecule has 6 nitrogen and oxygen atoms in total. The van der Waals surface area contributed by atoms with Crippen molar-refractivity contribution in [3.05, 3.63) is 50.6 Å². The smallest absolute Gasteiger partial charge is 0.312 e. The predicted molar refractivity (Wildman–Crippen MR) is 78.5 cm³/mol. The number of thiazole rings is 1. The molecule has 7 heteroatoms. The van der Waals surface area contributed by atoms with Gasteiger partial charge >= 0.3 is 10.8 Å². The molecule has 0 unspecified atom stereocenters. The zero-order chi connectivity index (χ0) is 15.4. The Morgan fingerprint density at radius 1 is 1.38 bits per heavy atom. The van der Waals surface area contributed by atoms with Gasteiger partial charge in [0.25, 0.3) is 0 Å². The molecule has 0 saturated heterocycles. The van der Waals surface area contributed by atoms with Gasteiger partial charge in [0.1, 0.15) is 5.75 Å². The van der Waals surface area contributed by atoms with Crippen LogP contribution in [-0.2, 0) is 11.3 Å². The number of amides is 1. The maximum absolute atomic E-state index is 11.8. The third-order valence-corrected chi connectivity index (χ3v) is 3.75. The van der Waals surface area contributed by atoms with Gasteiger partial charge in [-0.1, -0.05) is 17.4 Å². The van der Waals surface area contributed by atoms with Gasteiger partial charge in [-0.05, 0) is 25.1 Å². The highest BCUT2D eigenvalue weighted by Gasteiger charge is 2.09. The summed E-state index contributed by atoms with van der Waals surface area (Å²) < 4.78 is 6.64. The summed E-state index contributed by atoms with van der Waals surface area (Å²) in [6.45, 7) is 2.07. The Hall–Kier alpha value is -2.41. The minimum Gasteiger partial charge on any atom is -0.426 e. The van der Waals surface area contributed by atoms with Crippen LogP contribution >= 0.6 is 11.3 Å². The van der Waals surface area contributed by atoms with E-state index < -0.39 is 11.9 Å². The Kier molecular flexibility index (Phi) is 4.54. The molecule has 0 atom stereocenters. The lowest BCUT2D eigenvalue weighted by Gasteiger charge is -2.06. The summed E-state index contributed by atoms with van der Waals surface area (Å²) in [5.41, 5.74) is 6.24. The van der Waals surface area contributed by atoms with Crippen LogP contribution in [-0.4, -0.2) is 16.4 Å². The van der Waals surface area contributed by atoms with Crippen molar-refractivity contribution in [2.45, 2.75) is 19.9 Å². The van der Waals surface area contributed by atoms with Crippen molar-refractivity contribution < 1.29 is 14.3 Å². The average molecular weight is 306 g/mol. The van der Waals surface area contributed by atoms with Crippen molar-refractivity contribution in [1.29, 1.82) is 0 Å². The fraction of sp³-hybridized carbons (Fsp3) is 0.214. The number of nitrogens with two attached hydrogens (primary N) is 1. The van der Waals surface area contributed by atoms with Crippen LogP contribution in [0.2, 0.25) is 0 Å². The van der Waals surface area contributed by atoms with Gasteiger partial charge in [0.2, 0.25) is 5.91 Å². The number of hydrogen-bond acceptors (Lipinski definition) is 5. The summed E-state index contributed by atoms with van der Waals surface area (Å²) in [5, 5.41) is 1.74. The SMILES string of the molecule is Cc1csc(=O)n1CCC(=O)Oc1cccc(C(N)=O)c1. The number of carbonyl (C=O) groups is 2. The molecule has 0 aliphatic heterocycles. The van der Waals surface area contributed by atoms with Crippen molar-refractivity contribution in [2.75, 3.05) is 0 Å². The normalized spacial score (nSPS) is 10.3. The van der Waals surface area contributed by atoms with Gasteiger partial charge in [-0.25, -0.2) is 0 Å². The average Bonchev–Trinajstić information content (AvgIpc) is 2.76. The molecule has 0 aliphatic rings. The van der Waals surface area contributed by atoms with Gasteiger partial charge in [0, 0.05) is 23.2 Å². The number of hydrogen-bond donors (Lipinski definition) is 1. The standard InChI is InChI=1S/C14H14N2O4S/c1-9-8-21-14(19)16(9)6-5-12(17)20-11-4-2-3-10(7-11)13(15)18/h2-4,7-8H,5-6H2,1H3,(H2,15,18). The summed E-state index contributed by atoms with van der Waals surface area (Å²) in [4.78, 5) is 34.2. The highest BCUT2D eigenvalue weighted by molar-refractivity contribution is 7.07. The number of rotatable bonds is 5. The van der Waals surface area contributed by atoms with E-state index in [0.717, 1.165) is 17.0 Å². The fourth-order valence-electron chi connectivity index (χ4n) is 1.77. The van der Waals surface area contributed by atoms with Crippen LogP contribution < -0.4 is 15.3 Å². The van der Waals surface area contributed by atoms with Crippen LogP contribution in [0, 0.1) is 6.92 Å². The first-order valence-electron chi connectivity index (χ1n) is 6.23. The van der Waals surface area contributed by atoms with Gasteiger partial charge < -0.3 is 15.0 Å². The molecular weight excluding hydrogens is 292 g/mol. The minimum absolute atomic E-state index is 0.0677. The van der Waals surface area contributed by atoms with E-state index in [9.17, 15) is 14.4 Å². The second-order valence-corrected chi connectivity index (χ2v) is 5.23. The fourth-order valence-corrected chi connectivity index (χ4v) is 2.53. The summed E-state index contributed by atoms with van der Waals surface area (Å²) in [6, 6.07) is 6.08. The van der Waals surface area contributed by atoms with Crippen LogP contribution in [0.3, 0.4) is 0 Å². The molecule has 0 radical (unpaired) electrons. The Morgan fingerprint density at radius 2 is 2.14 bits per heavy atom. The molecule has 2 rings (SSSR count). The molecule has 0 saturated carbocycles. The maximum atomic E-state index is 11.8. The number of nitrogens with zero attached hydrogens (tertiary/aromatic N) is 1. The van der Waals surface area contributed by atoms with Gasteiger partial charge in [-0.15, -0.1) is 0 Å². The maximum Gasteiger partial charge on any atom is 0.312 e. The van der Waals surface area contributed by atoms with Crippen LogP contribution in [0.5, 0.6) is 5.75 Å². The molecule has 1 aromatic carbocycles. The molecule has 1 amide bonds. The largest absolute Gasteiger partial charge is 0.426 e. The highest BCUT2D eigenvalue weighted by atomic mass is 32.1. The quantitative estimate of drug-likeness (QED) is 0.666. The number of benzene rings is 1. The van der Waals surface area contributed by atoms with E-state index in [1.54, 1.807) is 24.4 Å². The first-order valence-corrected chi connectivity index (χ1v) is 7.11. The molecular formula is C14H14N2O4S. The molecule has 0 fully saturated rings. The van der Waals surface area contributed by atoms with Crippen LogP contribution in [0.25, 0.3) is 0 Å². The number of primary amides is 1. The molecule has 1 aromatic heterocycles. The van der Waals surface area contributed by atoms with Crippen LogP contribution in [0.4, 0.5) is 0 Å². The number of ether oxygens (including phenoxy) is 1. The summed E-state index contributed by atoms with van der Waals surface area (Å²) >= 11 is 1.10. The third kappa shape index (κ3) is 3.79. The molecule has 0 bridgehead atoms. The van der Waals surface area contributed by atoms with Crippen molar-refractivity contribution >= 4 is 23.2 Å². The van der Waals surface area contributed by atoms with Crippen molar-refractivity contribution in [3.8, 4) is 5.75 Å². The Labute approximate surface area is 124 Å². The molecule has 1 heterocycles. The topological polar surface area (TPSA) is 91.4 Å². The van der Waals surface area contributed by atoms with E-state index in [0.29, 0.717) is 0 Å². The second kappa shape index (κ2) is 6.36. The van der Waals surface area contributed by atoms with Gasteiger partial charge in [0.05, 0.1) is 6.42 Å². The molecule has 110 valence electrons. The molecule has 2 N–H and O–H groups in total. The number of aryl methyl sites for hydroxylation is 1. The second-order valence-electron chi connectivity index (χ2n) is 4.41. The lowest BCUT2D eigenvalue weighted by atomic mass is 10.2. The summed E-state index contributed by atoms with van der Waals surface area (Å²) in [6.07, 6.45) is 0.0677. The van der Waals surface area contributed by atoms with E-state index in [1.165, 1.54) is 16.7 Å². The van der Waals surface area contributed by atoms with Crippen molar-refractivity contribution in [2.24, 2.45) is 5.73 Å².